The summed E-state index contributed by atoms with van der Waals surface area (Å²) >= 11 is 0. The molecule has 0 atom stereocenters. The topological polar surface area (TPSA) is 45.3 Å². The van der Waals surface area contributed by atoms with Gasteiger partial charge in [-0.3, -0.25) is 4.90 Å². The molecule has 0 N–H and O–H groups in total. The maximum absolute atomic E-state index is 13.8. The number of carbonyl (C=O) groups excluding carboxylic acids is 1. The molecule has 3 fully saturated rings. The molecule has 5 rings (SSSR count). The van der Waals surface area contributed by atoms with Crippen molar-refractivity contribution in [3.63, 3.8) is 0 Å². The van der Waals surface area contributed by atoms with Crippen LogP contribution in [0.4, 0.5) is 4.79 Å². The molecule has 2 aliphatic carbocycles. The number of ether oxygens (including phenoxy) is 2. The molecular formula is C30H41N3O3. The number of hydrogen-bond donors (Lipinski definition) is 0. The highest BCUT2D eigenvalue weighted by Gasteiger charge is 2.54. The van der Waals surface area contributed by atoms with E-state index in [9.17, 15) is 4.79 Å². The fourth-order valence-corrected chi connectivity index (χ4v) is 6.63. The van der Waals surface area contributed by atoms with Gasteiger partial charge < -0.3 is 19.3 Å². The van der Waals surface area contributed by atoms with Crippen LogP contribution in [-0.2, 0) is 12.1 Å². The average Bonchev–Trinajstić information content (AvgIpc) is 3.12. The Bertz CT molecular complexity index is 1060. The molecule has 3 aliphatic rings. The molecule has 2 aromatic carbocycles. The van der Waals surface area contributed by atoms with Gasteiger partial charge in [0.15, 0.2) is 0 Å². The summed E-state index contributed by atoms with van der Waals surface area (Å²) in [6.45, 7) is 2.37. The highest BCUT2D eigenvalue weighted by molar-refractivity contribution is 5.78. The van der Waals surface area contributed by atoms with E-state index in [4.69, 9.17) is 9.47 Å². The first kappa shape index (κ1) is 24.9. The molecule has 0 radical (unpaired) electrons. The summed E-state index contributed by atoms with van der Waals surface area (Å²) in [5.74, 6) is 2.41. The summed E-state index contributed by atoms with van der Waals surface area (Å²) in [7, 11) is 7.80. The highest BCUT2D eigenvalue weighted by Crippen LogP contribution is 2.50. The van der Waals surface area contributed by atoms with Crippen LogP contribution in [0.5, 0.6) is 11.5 Å². The summed E-state index contributed by atoms with van der Waals surface area (Å²) in [5, 5.41) is 0. The van der Waals surface area contributed by atoms with Gasteiger partial charge >= 0.3 is 6.03 Å². The summed E-state index contributed by atoms with van der Waals surface area (Å²) in [5.41, 5.74) is 2.33. The second kappa shape index (κ2) is 9.97. The lowest BCUT2D eigenvalue weighted by Gasteiger charge is -2.51. The lowest BCUT2D eigenvalue weighted by Crippen LogP contribution is -2.56. The van der Waals surface area contributed by atoms with Crippen molar-refractivity contribution < 1.29 is 14.3 Å². The van der Waals surface area contributed by atoms with Gasteiger partial charge in [-0.2, -0.15) is 0 Å². The Balaban J connectivity index is 1.39. The number of carbonyl (C=O) groups is 1. The van der Waals surface area contributed by atoms with Crippen molar-refractivity contribution in [3.05, 3.63) is 59.7 Å². The number of rotatable bonds is 8. The Labute approximate surface area is 216 Å². The van der Waals surface area contributed by atoms with Crippen molar-refractivity contribution in [1.29, 1.82) is 0 Å². The molecule has 2 saturated carbocycles. The standard InChI is InChI=1S/C30H41N3O3/c1-31(2)30(25-9-6-10-27(19-25)36-4)17-15-29(16-18-30)22-32(20-24-11-13-26(35-3)14-12-24)28(34)33(29)21-23-7-5-8-23/h6,9-14,19,23H,5,7-8,15-18,20-22H2,1-4H3/t29-,30+. The second-order valence-electron chi connectivity index (χ2n) is 11.3. The third-order valence-electron chi connectivity index (χ3n) is 9.23. The summed E-state index contributed by atoms with van der Waals surface area (Å²) in [6, 6.07) is 16.9. The van der Waals surface area contributed by atoms with E-state index in [1.165, 1.54) is 24.8 Å². The lowest BCUT2D eigenvalue weighted by molar-refractivity contribution is 0.0158. The van der Waals surface area contributed by atoms with Crippen molar-refractivity contribution in [3.8, 4) is 11.5 Å². The molecular weight excluding hydrogens is 450 g/mol. The number of hydrogen-bond acceptors (Lipinski definition) is 4. The van der Waals surface area contributed by atoms with E-state index in [0.29, 0.717) is 12.5 Å². The van der Waals surface area contributed by atoms with Crippen LogP contribution in [-0.4, -0.2) is 67.7 Å². The zero-order chi connectivity index (χ0) is 25.3. The SMILES string of the molecule is COc1ccc(CN2C[C@]3(CC[C@](c4cccc(OC)c4)(N(C)C)CC3)N(CC3CCC3)C2=O)cc1. The third-order valence-corrected chi connectivity index (χ3v) is 9.23. The molecule has 194 valence electrons. The van der Waals surface area contributed by atoms with Gasteiger partial charge in [0.05, 0.1) is 19.8 Å². The maximum Gasteiger partial charge on any atom is 0.320 e. The van der Waals surface area contributed by atoms with E-state index in [2.05, 4.69) is 59.1 Å². The molecule has 0 aromatic heterocycles. The van der Waals surface area contributed by atoms with E-state index >= 15 is 0 Å². The molecule has 1 saturated heterocycles. The van der Waals surface area contributed by atoms with Crippen molar-refractivity contribution in [2.75, 3.05) is 41.4 Å². The first-order valence-corrected chi connectivity index (χ1v) is 13.4. The predicted octanol–water partition coefficient (Wildman–Crippen LogP) is 5.51. The zero-order valence-corrected chi connectivity index (χ0v) is 22.3. The second-order valence-corrected chi connectivity index (χ2v) is 11.3. The van der Waals surface area contributed by atoms with E-state index in [-0.39, 0.29) is 17.1 Å². The number of amides is 2. The Kier molecular flexibility index (Phi) is 6.90. The molecule has 0 unspecified atom stereocenters. The van der Waals surface area contributed by atoms with Gasteiger partial charge in [-0.05, 0) is 93.9 Å². The van der Waals surface area contributed by atoms with Gasteiger partial charge in [-0.1, -0.05) is 30.7 Å². The lowest BCUT2D eigenvalue weighted by atomic mass is 9.68. The Hall–Kier alpha value is -2.73. The van der Waals surface area contributed by atoms with E-state index < -0.39 is 0 Å². The molecule has 36 heavy (non-hydrogen) atoms. The van der Waals surface area contributed by atoms with Crippen LogP contribution in [0.3, 0.4) is 0 Å². The van der Waals surface area contributed by atoms with Crippen molar-refractivity contribution >= 4 is 6.03 Å². The van der Waals surface area contributed by atoms with E-state index in [1.807, 2.05) is 18.2 Å². The van der Waals surface area contributed by atoms with Crippen molar-refractivity contribution in [2.45, 2.75) is 62.6 Å². The Morgan fingerprint density at radius 3 is 2.22 bits per heavy atom. The molecule has 0 bridgehead atoms. The van der Waals surface area contributed by atoms with Gasteiger partial charge in [-0.25, -0.2) is 4.79 Å². The smallest absolute Gasteiger partial charge is 0.320 e. The van der Waals surface area contributed by atoms with Crippen LogP contribution in [0.1, 0.15) is 56.1 Å². The minimum absolute atomic E-state index is 0.0472. The van der Waals surface area contributed by atoms with E-state index in [1.54, 1.807) is 14.2 Å². The monoisotopic (exact) mass is 491 g/mol. The highest BCUT2D eigenvalue weighted by atomic mass is 16.5. The molecule has 1 aliphatic heterocycles. The minimum atomic E-state index is -0.0858. The van der Waals surface area contributed by atoms with Crippen LogP contribution in [0.15, 0.2) is 48.5 Å². The predicted molar refractivity (Wildman–Crippen MR) is 142 cm³/mol. The van der Waals surface area contributed by atoms with Crippen molar-refractivity contribution in [1.82, 2.24) is 14.7 Å². The van der Waals surface area contributed by atoms with Gasteiger partial charge in [0.1, 0.15) is 11.5 Å². The number of urea groups is 1. The van der Waals surface area contributed by atoms with Gasteiger partial charge in [0.2, 0.25) is 0 Å². The van der Waals surface area contributed by atoms with E-state index in [0.717, 1.165) is 55.8 Å². The average molecular weight is 492 g/mol. The number of methoxy groups -OCH3 is 2. The molecule has 2 aromatic rings. The van der Waals surface area contributed by atoms with Gasteiger partial charge in [0.25, 0.3) is 0 Å². The molecule has 6 heteroatoms. The molecule has 2 amide bonds. The van der Waals surface area contributed by atoms with Crippen LogP contribution in [0.2, 0.25) is 0 Å². The van der Waals surface area contributed by atoms with Crippen LogP contribution >= 0.6 is 0 Å². The van der Waals surface area contributed by atoms with Crippen molar-refractivity contribution in [2.24, 2.45) is 5.92 Å². The number of benzene rings is 2. The quantitative estimate of drug-likeness (QED) is 0.488. The molecule has 1 spiro atoms. The van der Waals surface area contributed by atoms with Gasteiger partial charge in [0, 0.05) is 25.2 Å². The maximum atomic E-state index is 13.8. The Morgan fingerprint density at radius 2 is 1.64 bits per heavy atom. The minimum Gasteiger partial charge on any atom is -0.497 e. The summed E-state index contributed by atoms with van der Waals surface area (Å²) < 4.78 is 10.9. The summed E-state index contributed by atoms with van der Waals surface area (Å²) in [6.07, 6.45) is 7.89. The van der Waals surface area contributed by atoms with Crippen LogP contribution < -0.4 is 9.47 Å². The first-order chi connectivity index (χ1) is 17.4. The fraction of sp³-hybridized carbons (Fsp3) is 0.567. The van der Waals surface area contributed by atoms with Crippen LogP contribution in [0, 0.1) is 5.92 Å². The largest absolute Gasteiger partial charge is 0.497 e. The Morgan fingerprint density at radius 1 is 0.944 bits per heavy atom. The molecule has 1 heterocycles. The number of nitrogens with zero attached hydrogens (tertiary/aromatic N) is 3. The third kappa shape index (κ3) is 4.45. The zero-order valence-electron chi connectivity index (χ0n) is 22.3. The fourth-order valence-electron chi connectivity index (χ4n) is 6.63. The van der Waals surface area contributed by atoms with Crippen LogP contribution in [0.25, 0.3) is 0 Å². The van der Waals surface area contributed by atoms with Gasteiger partial charge in [-0.15, -0.1) is 0 Å². The normalized spacial score (nSPS) is 26.5. The summed E-state index contributed by atoms with van der Waals surface area (Å²) in [4.78, 5) is 20.6. The first-order valence-electron chi connectivity index (χ1n) is 13.4. The molecule has 6 nitrogen and oxygen atoms in total.